The van der Waals surface area contributed by atoms with Gasteiger partial charge in [-0.25, -0.2) is 4.98 Å². The molecular weight excluding hydrogens is 354 g/mol. The molecule has 3 aromatic rings. The van der Waals surface area contributed by atoms with Gasteiger partial charge in [0.15, 0.2) is 0 Å². The molecule has 7 heteroatoms. The third-order valence-corrected chi connectivity index (χ3v) is 5.32. The summed E-state index contributed by atoms with van der Waals surface area (Å²) in [5.74, 6) is 2.30. The normalized spacial score (nSPS) is 17.7. The van der Waals surface area contributed by atoms with Crippen LogP contribution in [0.25, 0.3) is 22.4 Å². The highest BCUT2D eigenvalue weighted by Gasteiger charge is 2.19. The maximum absolute atomic E-state index is 5.48. The van der Waals surface area contributed by atoms with Crippen LogP contribution in [0.5, 0.6) is 5.75 Å². The van der Waals surface area contributed by atoms with Crippen molar-refractivity contribution in [3.8, 4) is 17.0 Å². The van der Waals surface area contributed by atoms with E-state index < -0.39 is 0 Å². The number of likely N-dealkylation sites (tertiary alicyclic amines) is 1. The van der Waals surface area contributed by atoms with Crippen LogP contribution in [-0.4, -0.2) is 53.3 Å². The molecule has 0 saturated carbocycles. The second-order valence-electron chi connectivity index (χ2n) is 7.46. The van der Waals surface area contributed by atoms with Gasteiger partial charge in [0.1, 0.15) is 29.0 Å². The molecule has 0 aliphatic carbocycles. The third kappa shape index (κ3) is 3.94. The summed E-state index contributed by atoms with van der Waals surface area (Å²) < 4.78 is 10.9. The topological polar surface area (TPSA) is 76.3 Å². The second-order valence-corrected chi connectivity index (χ2v) is 7.46. The van der Waals surface area contributed by atoms with Crippen molar-refractivity contribution in [3.63, 3.8) is 0 Å². The van der Waals surface area contributed by atoms with Gasteiger partial charge in [-0.1, -0.05) is 24.2 Å². The number of aromatic nitrogens is 3. The Balaban J connectivity index is 1.49. The van der Waals surface area contributed by atoms with Gasteiger partial charge in [-0.3, -0.25) is 0 Å². The van der Waals surface area contributed by atoms with E-state index in [2.05, 4.69) is 32.3 Å². The summed E-state index contributed by atoms with van der Waals surface area (Å²) in [6.07, 6.45) is 5.23. The largest absolute Gasteiger partial charge is 0.496 e. The number of methoxy groups -OCH3 is 1. The summed E-state index contributed by atoms with van der Waals surface area (Å²) in [5.41, 5.74) is 2.03. The van der Waals surface area contributed by atoms with Crippen LogP contribution in [0.2, 0.25) is 0 Å². The average Bonchev–Trinajstić information content (AvgIpc) is 3.16. The molecule has 1 aliphatic rings. The number of anilines is 1. The van der Waals surface area contributed by atoms with Gasteiger partial charge in [-0.15, -0.1) is 0 Å². The average molecular weight is 381 g/mol. The fraction of sp³-hybridized carbons (Fsp3) is 0.476. The highest BCUT2D eigenvalue weighted by Crippen LogP contribution is 2.36. The minimum Gasteiger partial charge on any atom is -0.496 e. The van der Waals surface area contributed by atoms with E-state index in [-0.39, 0.29) is 0 Å². The first kappa shape index (κ1) is 18.7. The van der Waals surface area contributed by atoms with Crippen molar-refractivity contribution in [2.24, 2.45) is 5.92 Å². The Morgan fingerprint density at radius 2 is 2.18 bits per heavy atom. The maximum Gasteiger partial charge on any atom is 0.263 e. The summed E-state index contributed by atoms with van der Waals surface area (Å²) in [5, 5.41) is 8.48. The van der Waals surface area contributed by atoms with E-state index in [0.29, 0.717) is 11.4 Å². The number of piperidine rings is 1. The second kappa shape index (κ2) is 8.56. The molecule has 4 rings (SSSR count). The first-order chi connectivity index (χ1) is 13.8. The predicted molar refractivity (Wildman–Crippen MR) is 110 cm³/mol. The molecule has 0 unspecified atom stereocenters. The molecule has 0 radical (unpaired) electrons. The minimum atomic E-state index is 0.475. The highest BCUT2D eigenvalue weighted by molar-refractivity contribution is 5.98. The first-order valence-electron chi connectivity index (χ1n) is 9.96. The van der Waals surface area contributed by atoms with Crippen molar-refractivity contribution in [1.82, 2.24) is 20.0 Å². The fourth-order valence-electron chi connectivity index (χ4n) is 3.94. The Bertz CT molecular complexity index is 926. The number of rotatable bonds is 7. The number of para-hydroxylation sites is 1. The molecular formula is C21H27N5O2. The predicted octanol–water partition coefficient (Wildman–Crippen LogP) is 3.83. The molecule has 28 heavy (non-hydrogen) atoms. The molecule has 1 fully saturated rings. The molecule has 3 heterocycles. The number of nitrogens with one attached hydrogen (secondary N) is 1. The Labute approximate surface area is 165 Å². The lowest BCUT2D eigenvalue weighted by molar-refractivity contribution is 0.183. The van der Waals surface area contributed by atoms with Crippen molar-refractivity contribution in [2.75, 3.05) is 38.6 Å². The third-order valence-electron chi connectivity index (χ3n) is 5.32. The van der Waals surface area contributed by atoms with E-state index in [4.69, 9.17) is 9.26 Å². The molecule has 0 spiro atoms. The monoisotopic (exact) mass is 381 g/mol. The Kier molecular flexibility index (Phi) is 5.71. The van der Waals surface area contributed by atoms with Gasteiger partial charge < -0.3 is 19.5 Å². The summed E-state index contributed by atoms with van der Waals surface area (Å²) >= 11 is 0. The number of nitrogens with zero attached hydrogens (tertiary/aromatic N) is 4. The summed E-state index contributed by atoms with van der Waals surface area (Å²) in [7, 11) is 1.65. The number of ether oxygens (including phenoxy) is 1. The van der Waals surface area contributed by atoms with E-state index >= 15 is 0 Å². The van der Waals surface area contributed by atoms with Crippen molar-refractivity contribution >= 4 is 16.9 Å². The maximum atomic E-state index is 5.48. The molecule has 1 saturated heterocycles. The van der Waals surface area contributed by atoms with Crippen LogP contribution < -0.4 is 10.1 Å². The Hall–Kier alpha value is -2.67. The van der Waals surface area contributed by atoms with Crippen LogP contribution in [0.4, 0.5) is 5.82 Å². The smallest absolute Gasteiger partial charge is 0.263 e. The number of fused-ring (bicyclic) bond motifs is 1. The standard InChI is InChI=1S/C21H27N5O2/c1-15-7-5-11-26(13-15)12-6-10-22-20-18-19(25-28-21(18)24-14-23-20)16-8-3-4-9-17(16)27-2/h3-4,8-9,14-15H,5-7,10-13H2,1-2H3,(H,22,23,24)/t15-/m0/s1. The molecule has 2 aromatic heterocycles. The molecule has 0 amide bonds. The lowest BCUT2D eigenvalue weighted by Gasteiger charge is -2.30. The van der Waals surface area contributed by atoms with Crippen molar-refractivity contribution in [2.45, 2.75) is 26.2 Å². The summed E-state index contributed by atoms with van der Waals surface area (Å²) in [6.45, 7) is 6.71. The van der Waals surface area contributed by atoms with Crippen LogP contribution in [0, 0.1) is 5.92 Å². The summed E-state index contributed by atoms with van der Waals surface area (Å²) in [4.78, 5) is 11.2. The van der Waals surface area contributed by atoms with Gasteiger partial charge in [0.05, 0.1) is 7.11 Å². The quantitative estimate of drug-likeness (QED) is 0.623. The van der Waals surface area contributed by atoms with Gasteiger partial charge in [0.25, 0.3) is 5.71 Å². The molecule has 1 aliphatic heterocycles. The zero-order chi connectivity index (χ0) is 19.3. The Morgan fingerprint density at radius 3 is 3.04 bits per heavy atom. The van der Waals surface area contributed by atoms with Gasteiger partial charge in [0.2, 0.25) is 0 Å². The van der Waals surface area contributed by atoms with Crippen molar-refractivity contribution in [1.29, 1.82) is 0 Å². The SMILES string of the molecule is COc1ccccc1-c1noc2ncnc(NCCCN3CCC[C@H](C)C3)c12. The van der Waals surface area contributed by atoms with Gasteiger partial charge >= 0.3 is 0 Å². The van der Waals surface area contributed by atoms with E-state index in [1.54, 1.807) is 7.11 Å². The molecule has 1 N–H and O–H groups in total. The first-order valence-corrected chi connectivity index (χ1v) is 9.96. The van der Waals surface area contributed by atoms with E-state index in [1.165, 1.54) is 32.3 Å². The van der Waals surface area contributed by atoms with Gasteiger partial charge in [-0.05, 0) is 50.4 Å². The fourth-order valence-corrected chi connectivity index (χ4v) is 3.94. The minimum absolute atomic E-state index is 0.475. The molecule has 148 valence electrons. The van der Waals surface area contributed by atoms with E-state index in [1.807, 2.05) is 24.3 Å². The van der Waals surface area contributed by atoms with Crippen LogP contribution >= 0.6 is 0 Å². The van der Waals surface area contributed by atoms with Crippen molar-refractivity contribution in [3.05, 3.63) is 30.6 Å². The molecule has 7 nitrogen and oxygen atoms in total. The molecule has 1 atom stereocenters. The lowest BCUT2D eigenvalue weighted by atomic mass is 10.0. The van der Waals surface area contributed by atoms with Crippen LogP contribution in [0.15, 0.2) is 35.1 Å². The molecule has 1 aromatic carbocycles. The number of benzene rings is 1. The van der Waals surface area contributed by atoms with Crippen LogP contribution in [0.3, 0.4) is 0 Å². The lowest BCUT2D eigenvalue weighted by Crippen LogP contribution is -2.35. The molecule has 0 bridgehead atoms. The van der Waals surface area contributed by atoms with Gasteiger partial charge in [-0.2, -0.15) is 4.98 Å². The number of hydrogen-bond donors (Lipinski definition) is 1. The van der Waals surface area contributed by atoms with E-state index in [0.717, 1.165) is 47.9 Å². The zero-order valence-corrected chi connectivity index (χ0v) is 16.5. The summed E-state index contributed by atoms with van der Waals surface area (Å²) in [6, 6.07) is 7.76. The van der Waals surface area contributed by atoms with Crippen LogP contribution in [-0.2, 0) is 0 Å². The van der Waals surface area contributed by atoms with Crippen molar-refractivity contribution < 1.29 is 9.26 Å². The Morgan fingerprint density at radius 1 is 1.29 bits per heavy atom. The van der Waals surface area contributed by atoms with E-state index in [9.17, 15) is 0 Å². The number of hydrogen-bond acceptors (Lipinski definition) is 7. The zero-order valence-electron chi connectivity index (χ0n) is 16.5. The van der Waals surface area contributed by atoms with Gasteiger partial charge in [0, 0.05) is 18.7 Å². The highest BCUT2D eigenvalue weighted by atomic mass is 16.5. The van der Waals surface area contributed by atoms with Crippen LogP contribution in [0.1, 0.15) is 26.2 Å².